The van der Waals surface area contributed by atoms with E-state index in [2.05, 4.69) is 4.98 Å². The number of fused-ring (bicyclic) bond motifs is 1. The van der Waals surface area contributed by atoms with Gasteiger partial charge in [-0.3, -0.25) is 14.2 Å². The van der Waals surface area contributed by atoms with Gasteiger partial charge in [-0.15, -0.1) is 0 Å². The third-order valence-corrected chi connectivity index (χ3v) is 5.21. The molecule has 1 amide bonds. The lowest BCUT2D eigenvalue weighted by molar-refractivity contribution is 0.0680. The number of benzene rings is 2. The van der Waals surface area contributed by atoms with Crippen molar-refractivity contribution < 1.29 is 9.53 Å². The van der Waals surface area contributed by atoms with Crippen LogP contribution in [0, 0.1) is 0 Å². The molecule has 152 valence electrons. The fourth-order valence-corrected chi connectivity index (χ4v) is 3.56. The molecule has 0 aliphatic heterocycles. The summed E-state index contributed by atoms with van der Waals surface area (Å²) in [7, 11) is 3.25. The van der Waals surface area contributed by atoms with E-state index in [9.17, 15) is 9.59 Å². The van der Waals surface area contributed by atoms with Crippen molar-refractivity contribution in [2.75, 3.05) is 13.7 Å². The fourth-order valence-electron chi connectivity index (χ4n) is 3.38. The molecule has 0 aliphatic carbocycles. The van der Waals surface area contributed by atoms with Crippen LogP contribution in [0.1, 0.15) is 42.5 Å². The Morgan fingerprint density at radius 2 is 1.93 bits per heavy atom. The molecule has 0 saturated carbocycles. The molecule has 29 heavy (non-hydrogen) atoms. The third-order valence-electron chi connectivity index (χ3n) is 4.98. The van der Waals surface area contributed by atoms with E-state index in [0.29, 0.717) is 39.6 Å². The number of rotatable bonds is 6. The van der Waals surface area contributed by atoms with E-state index in [4.69, 9.17) is 16.3 Å². The highest BCUT2D eigenvalue weighted by atomic mass is 35.5. The summed E-state index contributed by atoms with van der Waals surface area (Å²) >= 11 is 6.03. The molecule has 6 nitrogen and oxygen atoms in total. The molecule has 7 heteroatoms. The SMILES string of the molecule is CCCN(C(=O)c1ccc(OC)cc1)C(C)c1nc2ccc(Cl)cc2c(=O)n1C. The Labute approximate surface area is 174 Å². The van der Waals surface area contributed by atoms with E-state index in [1.165, 1.54) is 4.57 Å². The standard InChI is InChI=1S/C22H24ClN3O3/c1-5-12-26(21(27)15-6-9-17(29-4)10-7-15)14(2)20-24-19-11-8-16(23)13-18(19)22(28)25(20)3/h6-11,13-14H,5,12H2,1-4H3. The molecule has 0 aliphatic rings. The Balaban J connectivity index is 2.03. The van der Waals surface area contributed by atoms with Gasteiger partial charge in [-0.25, -0.2) is 4.98 Å². The zero-order chi connectivity index (χ0) is 21.1. The zero-order valence-corrected chi connectivity index (χ0v) is 17.7. The van der Waals surface area contributed by atoms with Crippen LogP contribution in [-0.4, -0.2) is 34.0 Å². The number of amides is 1. The summed E-state index contributed by atoms with van der Waals surface area (Å²) in [6.07, 6.45) is 0.781. The van der Waals surface area contributed by atoms with Crippen LogP contribution in [-0.2, 0) is 7.05 Å². The first-order valence-electron chi connectivity index (χ1n) is 9.48. The molecular formula is C22H24ClN3O3. The molecule has 3 rings (SSSR count). The number of nitrogens with zero attached hydrogens (tertiary/aromatic N) is 3. The first-order chi connectivity index (χ1) is 13.9. The average Bonchev–Trinajstić information content (AvgIpc) is 2.74. The predicted molar refractivity (Wildman–Crippen MR) is 115 cm³/mol. The summed E-state index contributed by atoms with van der Waals surface area (Å²) in [5.41, 5.74) is 0.934. The van der Waals surface area contributed by atoms with Crippen LogP contribution in [0.15, 0.2) is 47.3 Å². The number of carbonyl (C=O) groups is 1. The second-order valence-electron chi connectivity index (χ2n) is 6.90. The van der Waals surface area contributed by atoms with Crippen molar-refractivity contribution in [1.29, 1.82) is 0 Å². The van der Waals surface area contributed by atoms with Gasteiger partial charge in [0.15, 0.2) is 0 Å². The number of aromatic nitrogens is 2. The first-order valence-corrected chi connectivity index (χ1v) is 9.86. The Bertz CT molecular complexity index is 1090. The minimum atomic E-state index is -0.387. The summed E-state index contributed by atoms with van der Waals surface area (Å²) in [4.78, 5) is 32.5. The summed E-state index contributed by atoms with van der Waals surface area (Å²) in [6.45, 7) is 4.44. The van der Waals surface area contributed by atoms with Gasteiger partial charge in [0.1, 0.15) is 11.6 Å². The van der Waals surface area contributed by atoms with E-state index >= 15 is 0 Å². The van der Waals surface area contributed by atoms with Crippen LogP contribution in [0.3, 0.4) is 0 Å². The molecule has 1 aromatic heterocycles. The van der Waals surface area contributed by atoms with Crippen LogP contribution in [0.5, 0.6) is 5.75 Å². The average molecular weight is 414 g/mol. The van der Waals surface area contributed by atoms with Crippen molar-refractivity contribution in [3.05, 3.63) is 69.2 Å². The lowest BCUT2D eigenvalue weighted by Gasteiger charge is -2.30. The molecule has 0 radical (unpaired) electrons. The summed E-state index contributed by atoms with van der Waals surface area (Å²) < 4.78 is 6.66. The van der Waals surface area contributed by atoms with Crippen molar-refractivity contribution in [2.45, 2.75) is 26.3 Å². The molecule has 0 spiro atoms. The Morgan fingerprint density at radius 1 is 1.24 bits per heavy atom. The number of carbonyl (C=O) groups excluding carboxylic acids is 1. The van der Waals surface area contributed by atoms with Gasteiger partial charge < -0.3 is 9.64 Å². The molecule has 1 atom stereocenters. The smallest absolute Gasteiger partial charge is 0.261 e. The monoisotopic (exact) mass is 413 g/mol. The molecule has 1 heterocycles. The minimum absolute atomic E-state index is 0.118. The van der Waals surface area contributed by atoms with E-state index in [1.807, 2.05) is 13.8 Å². The Morgan fingerprint density at radius 3 is 2.55 bits per heavy atom. The maximum Gasteiger partial charge on any atom is 0.261 e. The number of ether oxygens (including phenoxy) is 1. The zero-order valence-electron chi connectivity index (χ0n) is 17.0. The van der Waals surface area contributed by atoms with Crippen LogP contribution in [0.4, 0.5) is 0 Å². The van der Waals surface area contributed by atoms with Gasteiger partial charge in [0.2, 0.25) is 0 Å². The molecule has 0 saturated heterocycles. The summed E-state index contributed by atoms with van der Waals surface area (Å²) in [5.74, 6) is 1.10. The van der Waals surface area contributed by atoms with Crippen LogP contribution >= 0.6 is 11.6 Å². The number of halogens is 1. The normalized spacial score (nSPS) is 12.0. The number of hydrogen-bond acceptors (Lipinski definition) is 4. The highest BCUT2D eigenvalue weighted by molar-refractivity contribution is 6.31. The predicted octanol–water partition coefficient (Wildman–Crippen LogP) is 4.21. The maximum absolute atomic E-state index is 13.2. The molecule has 2 aromatic carbocycles. The highest BCUT2D eigenvalue weighted by Gasteiger charge is 2.25. The second-order valence-corrected chi connectivity index (χ2v) is 7.34. The van der Waals surface area contributed by atoms with Gasteiger partial charge in [-0.1, -0.05) is 18.5 Å². The summed E-state index contributed by atoms with van der Waals surface area (Å²) in [6, 6.07) is 11.7. The molecular weight excluding hydrogens is 390 g/mol. The van der Waals surface area contributed by atoms with Gasteiger partial charge in [0.25, 0.3) is 11.5 Å². The highest BCUT2D eigenvalue weighted by Crippen LogP contribution is 2.24. The molecule has 0 bridgehead atoms. The molecule has 3 aromatic rings. The lowest BCUT2D eigenvalue weighted by atomic mass is 10.1. The van der Waals surface area contributed by atoms with Crippen molar-refractivity contribution in [1.82, 2.24) is 14.5 Å². The van der Waals surface area contributed by atoms with Crippen molar-refractivity contribution in [3.8, 4) is 5.75 Å². The van der Waals surface area contributed by atoms with Crippen molar-refractivity contribution in [2.24, 2.45) is 7.05 Å². The Kier molecular flexibility index (Phi) is 6.23. The number of hydrogen-bond donors (Lipinski definition) is 0. The topological polar surface area (TPSA) is 64.4 Å². The molecule has 1 unspecified atom stereocenters. The molecule has 0 fully saturated rings. The molecule has 0 N–H and O–H groups in total. The van der Waals surface area contributed by atoms with Crippen molar-refractivity contribution >= 4 is 28.4 Å². The van der Waals surface area contributed by atoms with Crippen molar-refractivity contribution in [3.63, 3.8) is 0 Å². The minimum Gasteiger partial charge on any atom is -0.497 e. The Hall–Kier alpha value is -2.86. The third kappa shape index (κ3) is 4.12. The first kappa shape index (κ1) is 20.9. The summed E-state index contributed by atoms with van der Waals surface area (Å²) in [5, 5.41) is 0.943. The quantitative estimate of drug-likeness (QED) is 0.607. The van der Waals surface area contributed by atoms with Crippen LogP contribution in [0.2, 0.25) is 5.02 Å². The van der Waals surface area contributed by atoms with E-state index in [-0.39, 0.29) is 17.5 Å². The van der Waals surface area contributed by atoms with Gasteiger partial charge >= 0.3 is 0 Å². The largest absolute Gasteiger partial charge is 0.497 e. The van der Waals surface area contributed by atoms with E-state index in [1.54, 1.807) is 61.5 Å². The van der Waals surface area contributed by atoms with Gasteiger partial charge in [0.05, 0.1) is 24.1 Å². The second kappa shape index (κ2) is 8.66. The van der Waals surface area contributed by atoms with Gasteiger partial charge in [-0.05, 0) is 55.8 Å². The maximum atomic E-state index is 13.2. The number of methoxy groups -OCH3 is 1. The van der Waals surface area contributed by atoms with Crippen LogP contribution in [0.25, 0.3) is 10.9 Å². The fraction of sp³-hybridized carbons (Fsp3) is 0.318. The van der Waals surface area contributed by atoms with E-state index in [0.717, 1.165) is 6.42 Å². The van der Waals surface area contributed by atoms with Gasteiger partial charge in [0, 0.05) is 24.2 Å². The van der Waals surface area contributed by atoms with E-state index < -0.39 is 0 Å². The van der Waals surface area contributed by atoms with Crippen LogP contribution < -0.4 is 10.3 Å². The lowest BCUT2D eigenvalue weighted by Crippen LogP contribution is -2.37. The van der Waals surface area contributed by atoms with Gasteiger partial charge in [-0.2, -0.15) is 0 Å².